The quantitative estimate of drug-likeness (QED) is 0.519. The number of nitrogens with zero attached hydrogens (tertiary/aromatic N) is 3. The van der Waals surface area contributed by atoms with Crippen molar-refractivity contribution in [2.45, 2.75) is 6.54 Å². The summed E-state index contributed by atoms with van der Waals surface area (Å²) in [4.78, 5) is 34.8. The predicted molar refractivity (Wildman–Crippen MR) is 102 cm³/mol. The van der Waals surface area contributed by atoms with Crippen molar-refractivity contribution in [1.82, 2.24) is 9.78 Å². The number of hydrogen-bond donors (Lipinski definition) is 1. The minimum atomic E-state index is -0.513. The van der Waals surface area contributed by atoms with E-state index in [4.69, 9.17) is 4.74 Å². The molecule has 1 aromatic heterocycles. The summed E-state index contributed by atoms with van der Waals surface area (Å²) in [5, 5.41) is 17.8. The van der Waals surface area contributed by atoms with Crippen molar-refractivity contribution in [2.24, 2.45) is 0 Å². The fourth-order valence-corrected chi connectivity index (χ4v) is 2.53. The summed E-state index contributed by atoms with van der Waals surface area (Å²) < 4.78 is 6.10. The van der Waals surface area contributed by atoms with Crippen molar-refractivity contribution < 1.29 is 14.5 Å². The second-order valence-corrected chi connectivity index (χ2v) is 5.80. The van der Waals surface area contributed by atoms with Gasteiger partial charge in [-0.1, -0.05) is 18.2 Å². The third-order valence-corrected chi connectivity index (χ3v) is 3.87. The molecule has 1 heterocycles. The molecule has 0 saturated carbocycles. The van der Waals surface area contributed by atoms with Crippen LogP contribution in [0.1, 0.15) is 0 Å². The van der Waals surface area contributed by atoms with Gasteiger partial charge in [-0.25, -0.2) is 4.68 Å². The van der Waals surface area contributed by atoms with Crippen LogP contribution in [0.4, 0.5) is 11.4 Å². The lowest BCUT2D eigenvalue weighted by Gasteiger charge is -2.09. The Bertz CT molecular complexity index is 1090. The first kappa shape index (κ1) is 18.8. The number of benzene rings is 2. The van der Waals surface area contributed by atoms with Gasteiger partial charge in [-0.3, -0.25) is 19.7 Å². The average molecular weight is 380 g/mol. The minimum Gasteiger partial charge on any atom is -0.497 e. The van der Waals surface area contributed by atoms with Crippen LogP contribution >= 0.6 is 0 Å². The maximum atomic E-state index is 12.3. The maximum Gasteiger partial charge on any atom is 0.270 e. The van der Waals surface area contributed by atoms with Crippen LogP contribution < -0.4 is 15.6 Å². The fourth-order valence-electron chi connectivity index (χ4n) is 2.53. The first-order valence-electron chi connectivity index (χ1n) is 8.23. The van der Waals surface area contributed by atoms with Gasteiger partial charge in [0.1, 0.15) is 12.3 Å². The Morgan fingerprint density at radius 2 is 1.96 bits per heavy atom. The number of ether oxygens (including phenoxy) is 1. The van der Waals surface area contributed by atoms with E-state index in [0.717, 1.165) is 4.68 Å². The van der Waals surface area contributed by atoms with Crippen molar-refractivity contribution >= 4 is 17.3 Å². The lowest BCUT2D eigenvalue weighted by molar-refractivity contribution is -0.384. The van der Waals surface area contributed by atoms with E-state index in [9.17, 15) is 19.7 Å². The molecule has 142 valence electrons. The molecule has 9 nitrogen and oxygen atoms in total. The summed E-state index contributed by atoms with van der Waals surface area (Å²) >= 11 is 0. The topological polar surface area (TPSA) is 116 Å². The number of anilines is 1. The molecule has 0 aliphatic rings. The number of carbonyl (C=O) groups is 1. The van der Waals surface area contributed by atoms with Crippen molar-refractivity contribution in [3.8, 4) is 17.0 Å². The molecule has 0 saturated heterocycles. The highest BCUT2D eigenvalue weighted by Crippen LogP contribution is 2.21. The molecule has 0 aliphatic carbocycles. The zero-order valence-electron chi connectivity index (χ0n) is 14.9. The summed E-state index contributed by atoms with van der Waals surface area (Å²) in [6, 6.07) is 15.4. The van der Waals surface area contributed by atoms with Crippen molar-refractivity contribution in [3.05, 3.63) is 81.1 Å². The zero-order chi connectivity index (χ0) is 20.1. The number of nitro groups is 1. The second kappa shape index (κ2) is 8.12. The van der Waals surface area contributed by atoms with Gasteiger partial charge in [0, 0.05) is 35.5 Å². The van der Waals surface area contributed by atoms with E-state index in [-0.39, 0.29) is 12.2 Å². The third kappa shape index (κ3) is 4.39. The van der Waals surface area contributed by atoms with Gasteiger partial charge < -0.3 is 10.1 Å². The zero-order valence-corrected chi connectivity index (χ0v) is 14.9. The smallest absolute Gasteiger partial charge is 0.270 e. The van der Waals surface area contributed by atoms with Crippen molar-refractivity contribution in [2.75, 3.05) is 12.4 Å². The Kier molecular flexibility index (Phi) is 5.45. The number of hydrogen-bond acceptors (Lipinski definition) is 6. The van der Waals surface area contributed by atoms with Gasteiger partial charge in [0.2, 0.25) is 5.91 Å². The lowest BCUT2D eigenvalue weighted by Crippen LogP contribution is -2.29. The summed E-state index contributed by atoms with van der Waals surface area (Å²) in [7, 11) is 1.52. The van der Waals surface area contributed by atoms with Gasteiger partial charge >= 0.3 is 0 Å². The van der Waals surface area contributed by atoms with E-state index in [1.165, 1.54) is 37.4 Å². The number of non-ortho nitro benzene ring substituents is 1. The molecule has 0 spiro atoms. The van der Waals surface area contributed by atoms with Crippen LogP contribution in [-0.2, 0) is 11.3 Å². The Balaban J connectivity index is 1.81. The fraction of sp³-hybridized carbons (Fsp3) is 0.105. The Morgan fingerprint density at radius 3 is 2.71 bits per heavy atom. The van der Waals surface area contributed by atoms with Crippen molar-refractivity contribution in [1.29, 1.82) is 0 Å². The molecule has 1 N–H and O–H groups in total. The summed E-state index contributed by atoms with van der Waals surface area (Å²) in [6.45, 7) is -0.307. The second-order valence-electron chi connectivity index (χ2n) is 5.80. The van der Waals surface area contributed by atoms with Gasteiger partial charge in [0.05, 0.1) is 17.7 Å². The van der Waals surface area contributed by atoms with Gasteiger partial charge in [0.15, 0.2) is 0 Å². The van der Waals surface area contributed by atoms with Crippen LogP contribution in [0.5, 0.6) is 5.75 Å². The number of rotatable bonds is 6. The molecule has 1 amide bonds. The predicted octanol–water partition coefficient (Wildman–Crippen LogP) is 2.47. The van der Waals surface area contributed by atoms with Crippen LogP contribution in [-0.4, -0.2) is 27.7 Å². The highest BCUT2D eigenvalue weighted by Gasteiger charge is 2.11. The highest BCUT2D eigenvalue weighted by atomic mass is 16.6. The normalized spacial score (nSPS) is 10.3. The molecule has 0 bridgehead atoms. The first-order chi connectivity index (χ1) is 13.5. The summed E-state index contributed by atoms with van der Waals surface area (Å²) in [5.41, 5.74) is 0.781. The van der Waals surface area contributed by atoms with Crippen LogP contribution in [0.25, 0.3) is 11.3 Å². The van der Waals surface area contributed by atoms with E-state index < -0.39 is 16.4 Å². The Labute approximate surface area is 159 Å². The Morgan fingerprint density at radius 1 is 1.18 bits per heavy atom. The molecule has 0 radical (unpaired) electrons. The Hall–Kier alpha value is -4.01. The van der Waals surface area contributed by atoms with E-state index in [0.29, 0.717) is 22.7 Å². The molecule has 0 atom stereocenters. The number of carbonyl (C=O) groups excluding carboxylic acids is 1. The number of nitrogens with one attached hydrogen (secondary N) is 1. The number of amides is 1. The number of aromatic nitrogens is 2. The molecule has 0 fully saturated rings. The van der Waals surface area contributed by atoms with E-state index in [1.54, 1.807) is 30.3 Å². The van der Waals surface area contributed by atoms with E-state index in [2.05, 4.69) is 10.4 Å². The number of methoxy groups -OCH3 is 1. The molecule has 0 aliphatic heterocycles. The van der Waals surface area contributed by atoms with Gasteiger partial charge in [-0.2, -0.15) is 5.10 Å². The molecular formula is C19H16N4O5. The van der Waals surface area contributed by atoms with Crippen LogP contribution in [0.2, 0.25) is 0 Å². The van der Waals surface area contributed by atoms with Gasteiger partial charge in [-0.05, 0) is 18.2 Å². The largest absolute Gasteiger partial charge is 0.497 e. The molecule has 3 aromatic rings. The van der Waals surface area contributed by atoms with E-state index in [1.807, 2.05) is 0 Å². The lowest BCUT2D eigenvalue weighted by atomic mass is 10.1. The monoisotopic (exact) mass is 380 g/mol. The first-order valence-corrected chi connectivity index (χ1v) is 8.23. The minimum absolute atomic E-state index is 0.0900. The highest BCUT2D eigenvalue weighted by molar-refractivity contribution is 5.90. The van der Waals surface area contributed by atoms with E-state index >= 15 is 0 Å². The van der Waals surface area contributed by atoms with Crippen LogP contribution in [0.3, 0.4) is 0 Å². The maximum absolute atomic E-state index is 12.3. The average Bonchev–Trinajstić information content (AvgIpc) is 2.69. The molecule has 28 heavy (non-hydrogen) atoms. The van der Waals surface area contributed by atoms with Gasteiger partial charge in [-0.15, -0.1) is 0 Å². The molecule has 3 rings (SSSR count). The SMILES string of the molecule is COc1cccc(NC(=O)Cn2nc(-c3cccc([N+](=O)[O-])c3)ccc2=O)c1. The molecule has 0 unspecified atom stereocenters. The molecule has 2 aromatic carbocycles. The molecule has 9 heteroatoms. The third-order valence-electron chi connectivity index (χ3n) is 3.87. The van der Waals surface area contributed by atoms with Gasteiger partial charge in [0.25, 0.3) is 11.2 Å². The summed E-state index contributed by atoms with van der Waals surface area (Å²) in [5.74, 6) is 0.139. The van der Waals surface area contributed by atoms with Crippen molar-refractivity contribution in [3.63, 3.8) is 0 Å². The van der Waals surface area contributed by atoms with Crippen LogP contribution in [0, 0.1) is 10.1 Å². The standard InChI is InChI=1S/C19H16N4O5/c1-28-16-7-3-5-14(11-16)20-18(24)12-22-19(25)9-8-17(21-22)13-4-2-6-15(10-13)23(26)27/h2-11H,12H2,1H3,(H,20,24). The number of nitro benzene ring substituents is 1. The molecular weight excluding hydrogens is 364 g/mol. The van der Waals surface area contributed by atoms with Crippen LogP contribution in [0.15, 0.2) is 65.5 Å². The summed E-state index contributed by atoms with van der Waals surface area (Å²) in [6.07, 6.45) is 0.